The van der Waals surface area contributed by atoms with Crippen LogP contribution in [0.3, 0.4) is 0 Å². The zero-order valence-electron chi connectivity index (χ0n) is 10.0. The van der Waals surface area contributed by atoms with Crippen molar-refractivity contribution >= 4 is 23.5 Å². The second kappa shape index (κ2) is 4.59. The van der Waals surface area contributed by atoms with E-state index >= 15 is 0 Å². The van der Waals surface area contributed by atoms with Crippen LogP contribution in [0.5, 0.6) is 0 Å². The minimum atomic E-state index is -0.879. The van der Waals surface area contributed by atoms with E-state index in [2.05, 4.69) is 5.32 Å². The maximum absolute atomic E-state index is 12.2. The van der Waals surface area contributed by atoms with E-state index in [4.69, 9.17) is 22.7 Å². The third-order valence-electron chi connectivity index (χ3n) is 3.02. The van der Waals surface area contributed by atoms with Crippen molar-refractivity contribution < 1.29 is 4.79 Å². The van der Waals surface area contributed by atoms with E-state index in [-0.39, 0.29) is 18.4 Å². The topological polar surface area (TPSA) is 82.2 Å². The Kier molecular flexibility index (Phi) is 3.28. The van der Waals surface area contributed by atoms with Crippen LogP contribution in [0.15, 0.2) is 24.3 Å². The van der Waals surface area contributed by atoms with Gasteiger partial charge in [-0.1, -0.05) is 23.7 Å². The summed E-state index contributed by atoms with van der Waals surface area (Å²) < 4.78 is 0. The SMILES string of the molecule is CC1(CN)NC(=N)N(Cc2cccc(Cl)c2)C1=O. The molecular formula is C12H15ClN4O. The van der Waals surface area contributed by atoms with Gasteiger partial charge in [-0.2, -0.15) is 0 Å². The van der Waals surface area contributed by atoms with Gasteiger partial charge in [0.05, 0.1) is 6.54 Å². The zero-order valence-corrected chi connectivity index (χ0v) is 10.8. The molecular weight excluding hydrogens is 252 g/mol. The van der Waals surface area contributed by atoms with E-state index in [1.807, 2.05) is 12.1 Å². The molecule has 1 atom stereocenters. The molecule has 0 radical (unpaired) electrons. The first kappa shape index (κ1) is 12.9. The quantitative estimate of drug-likeness (QED) is 0.761. The number of carbonyl (C=O) groups is 1. The Morgan fingerprint density at radius 1 is 1.56 bits per heavy atom. The fraction of sp³-hybridized carbons (Fsp3) is 0.333. The second-order valence-corrected chi connectivity index (χ2v) is 4.97. The molecule has 1 aliphatic heterocycles. The Hall–Kier alpha value is -1.59. The minimum Gasteiger partial charge on any atom is -0.341 e. The molecule has 1 fully saturated rings. The number of nitrogens with zero attached hydrogens (tertiary/aromatic N) is 1. The molecule has 0 bridgehead atoms. The first-order valence-corrected chi connectivity index (χ1v) is 5.97. The van der Waals surface area contributed by atoms with Crippen molar-refractivity contribution in [2.24, 2.45) is 5.73 Å². The van der Waals surface area contributed by atoms with Gasteiger partial charge in [-0.3, -0.25) is 15.1 Å². The number of benzene rings is 1. The molecule has 1 saturated heterocycles. The first-order chi connectivity index (χ1) is 8.46. The highest BCUT2D eigenvalue weighted by Gasteiger charge is 2.44. The predicted molar refractivity (Wildman–Crippen MR) is 70.3 cm³/mol. The van der Waals surface area contributed by atoms with Gasteiger partial charge in [0.15, 0.2) is 5.96 Å². The number of nitrogens with one attached hydrogen (secondary N) is 2. The molecule has 1 aromatic rings. The van der Waals surface area contributed by atoms with Crippen LogP contribution in [0.1, 0.15) is 12.5 Å². The second-order valence-electron chi connectivity index (χ2n) is 4.53. The molecule has 0 spiro atoms. The van der Waals surface area contributed by atoms with E-state index in [0.717, 1.165) is 5.56 Å². The summed E-state index contributed by atoms with van der Waals surface area (Å²) in [6.07, 6.45) is 0. The molecule has 5 nitrogen and oxygen atoms in total. The van der Waals surface area contributed by atoms with Gasteiger partial charge in [-0.25, -0.2) is 0 Å². The standard InChI is InChI=1S/C12H15ClN4O/c1-12(7-14)10(18)17(11(15)16-12)6-8-3-2-4-9(13)5-8/h2-5H,6-7,14H2,1H3,(H2,15,16). The van der Waals surface area contributed by atoms with Gasteiger partial charge < -0.3 is 11.1 Å². The zero-order chi connectivity index (χ0) is 13.3. The average molecular weight is 267 g/mol. The highest BCUT2D eigenvalue weighted by Crippen LogP contribution is 2.19. The molecule has 1 aromatic carbocycles. The molecule has 1 heterocycles. The monoisotopic (exact) mass is 266 g/mol. The van der Waals surface area contributed by atoms with Crippen LogP contribution in [-0.4, -0.2) is 28.9 Å². The lowest BCUT2D eigenvalue weighted by atomic mass is 10.0. The van der Waals surface area contributed by atoms with Crippen LogP contribution in [0, 0.1) is 5.41 Å². The molecule has 0 aliphatic carbocycles. The summed E-state index contributed by atoms with van der Waals surface area (Å²) in [5, 5.41) is 11.2. The Labute approximate surface area is 110 Å². The summed E-state index contributed by atoms with van der Waals surface area (Å²) in [4.78, 5) is 13.5. The molecule has 2 rings (SSSR count). The largest absolute Gasteiger partial charge is 0.341 e. The Balaban J connectivity index is 2.20. The van der Waals surface area contributed by atoms with Crippen molar-refractivity contribution in [1.29, 1.82) is 5.41 Å². The number of carbonyl (C=O) groups excluding carboxylic acids is 1. The van der Waals surface area contributed by atoms with Gasteiger partial charge in [-0.15, -0.1) is 0 Å². The smallest absolute Gasteiger partial charge is 0.256 e. The third kappa shape index (κ3) is 2.19. The minimum absolute atomic E-state index is 0.0768. The van der Waals surface area contributed by atoms with E-state index in [1.165, 1.54) is 4.90 Å². The highest BCUT2D eigenvalue weighted by atomic mass is 35.5. The molecule has 0 aromatic heterocycles. The van der Waals surface area contributed by atoms with Crippen LogP contribution < -0.4 is 11.1 Å². The Morgan fingerprint density at radius 3 is 2.83 bits per heavy atom. The third-order valence-corrected chi connectivity index (χ3v) is 3.25. The molecule has 4 N–H and O–H groups in total. The molecule has 96 valence electrons. The summed E-state index contributed by atoms with van der Waals surface area (Å²) in [6, 6.07) is 7.23. The van der Waals surface area contributed by atoms with E-state index < -0.39 is 5.54 Å². The summed E-state index contributed by atoms with van der Waals surface area (Å²) in [7, 11) is 0. The van der Waals surface area contributed by atoms with Crippen LogP contribution in [0.4, 0.5) is 0 Å². The van der Waals surface area contributed by atoms with Crippen molar-refractivity contribution in [2.75, 3.05) is 6.54 Å². The molecule has 1 amide bonds. The van der Waals surface area contributed by atoms with Crippen LogP contribution >= 0.6 is 11.6 Å². The summed E-state index contributed by atoms with van der Waals surface area (Å²) >= 11 is 5.89. The summed E-state index contributed by atoms with van der Waals surface area (Å²) in [5.74, 6) is -0.108. The number of amides is 1. The van der Waals surface area contributed by atoms with Crippen LogP contribution in [0.25, 0.3) is 0 Å². The predicted octanol–water partition coefficient (Wildman–Crippen LogP) is 0.924. The van der Waals surface area contributed by atoms with E-state index in [9.17, 15) is 4.79 Å². The fourth-order valence-corrected chi connectivity index (χ4v) is 2.10. The molecule has 1 unspecified atom stereocenters. The van der Waals surface area contributed by atoms with Crippen molar-refractivity contribution in [2.45, 2.75) is 19.0 Å². The van der Waals surface area contributed by atoms with Gasteiger partial charge in [0.2, 0.25) is 0 Å². The normalized spacial score (nSPS) is 23.4. The lowest BCUT2D eigenvalue weighted by molar-refractivity contribution is -0.130. The van der Waals surface area contributed by atoms with Crippen LogP contribution in [-0.2, 0) is 11.3 Å². The van der Waals surface area contributed by atoms with Crippen molar-refractivity contribution in [3.8, 4) is 0 Å². The Bertz CT molecular complexity index is 505. The molecule has 18 heavy (non-hydrogen) atoms. The average Bonchev–Trinajstić information content (AvgIpc) is 2.54. The number of nitrogens with two attached hydrogens (primary N) is 1. The number of rotatable bonds is 3. The Morgan fingerprint density at radius 2 is 2.28 bits per heavy atom. The maximum atomic E-state index is 12.2. The van der Waals surface area contributed by atoms with Gasteiger partial charge in [0.25, 0.3) is 5.91 Å². The van der Waals surface area contributed by atoms with Crippen molar-refractivity contribution in [3.63, 3.8) is 0 Å². The highest BCUT2D eigenvalue weighted by molar-refractivity contribution is 6.30. The number of halogens is 1. The van der Waals surface area contributed by atoms with E-state index in [0.29, 0.717) is 11.6 Å². The van der Waals surface area contributed by atoms with Crippen molar-refractivity contribution in [3.05, 3.63) is 34.9 Å². The fourth-order valence-electron chi connectivity index (χ4n) is 1.89. The lowest BCUT2D eigenvalue weighted by Gasteiger charge is -2.19. The first-order valence-electron chi connectivity index (χ1n) is 5.59. The van der Waals surface area contributed by atoms with Gasteiger partial charge >= 0.3 is 0 Å². The van der Waals surface area contributed by atoms with Gasteiger partial charge in [0, 0.05) is 11.6 Å². The number of hydrogen-bond acceptors (Lipinski definition) is 3. The molecule has 0 saturated carbocycles. The molecule has 1 aliphatic rings. The number of guanidine groups is 1. The molecule has 6 heteroatoms. The van der Waals surface area contributed by atoms with Gasteiger partial charge in [-0.05, 0) is 24.6 Å². The van der Waals surface area contributed by atoms with Crippen molar-refractivity contribution in [1.82, 2.24) is 10.2 Å². The summed E-state index contributed by atoms with van der Waals surface area (Å²) in [5.41, 5.74) is 5.57. The van der Waals surface area contributed by atoms with Gasteiger partial charge in [0.1, 0.15) is 5.54 Å². The van der Waals surface area contributed by atoms with E-state index in [1.54, 1.807) is 19.1 Å². The lowest BCUT2D eigenvalue weighted by Crippen LogP contribution is -2.50. The maximum Gasteiger partial charge on any atom is 0.256 e. The number of hydrogen-bond donors (Lipinski definition) is 3. The summed E-state index contributed by atoms with van der Waals surface area (Å²) in [6.45, 7) is 2.17. The van der Waals surface area contributed by atoms with Crippen LogP contribution in [0.2, 0.25) is 5.02 Å².